The Morgan fingerprint density at radius 3 is 2.74 bits per heavy atom. The Kier molecular flexibility index (Phi) is 4.30. The molecule has 0 unspecified atom stereocenters. The van der Waals surface area contributed by atoms with Gasteiger partial charge in [0, 0.05) is 44.5 Å². The summed E-state index contributed by atoms with van der Waals surface area (Å²) in [6.07, 6.45) is 2.81. The number of amides is 1. The van der Waals surface area contributed by atoms with Crippen molar-refractivity contribution < 1.29 is 4.79 Å². The van der Waals surface area contributed by atoms with E-state index in [1.54, 1.807) is 0 Å². The van der Waals surface area contributed by atoms with Crippen molar-refractivity contribution in [3.05, 3.63) is 23.8 Å². The van der Waals surface area contributed by atoms with Crippen molar-refractivity contribution in [2.75, 3.05) is 30.9 Å². The zero-order chi connectivity index (χ0) is 13.8. The van der Waals surface area contributed by atoms with E-state index in [-0.39, 0.29) is 5.91 Å². The molecule has 2 N–H and O–H groups in total. The Bertz CT molecular complexity index is 453. The van der Waals surface area contributed by atoms with Crippen molar-refractivity contribution in [1.29, 1.82) is 0 Å². The van der Waals surface area contributed by atoms with Crippen LogP contribution in [-0.4, -0.2) is 32.6 Å². The predicted octanol–water partition coefficient (Wildman–Crippen LogP) is 2.14. The minimum atomic E-state index is 0.148. The molecule has 1 aromatic rings. The summed E-state index contributed by atoms with van der Waals surface area (Å²) < 4.78 is 0. The van der Waals surface area contributed by atoms with Crippen molar-refractivity contribution in [1.82, 2.24) is 5.32 Å². The van der Waals surface area contributed by atoms with E-state index in [1.165, 1.54) is 11.3 Å². The minimum Gasteiger partial charge on any atom is -0.384 e. The normalized spacial score (nSPS) is 14.1. The number of carbonyl (C=O) groups excluding carboxylic acids is 1. The summed E-state index contributed by atoms with van der Waals surface area (Å²) in [4.78, 5) is 13.7. The summed E-state index contributed by atoms with van der Waals surface area (Å²) in [6, 6.07) is 6.73. The second-order valence-corrected chi connectivity index (χ2v) is 5.41. The molecule has 0 saturated heterocycles. The molecule has 1 fully saturated rings. The van der Waals surface area contributed by atoms with E-state index in [4.69, 9.17) is 0 Å². The first-order chi connectivity index (χ1) is 9.06. The highest BCUT2D eigenvalue weighted by atomic mass is 16.1. The van der Waals surface area contributed by atoms with Crippen LogP contribution in [0.15, 0.2) is 18.2 Å². The van der Waals surface area contributed by atoms with Crippen molar-refractivity contribution in [2.24, 2.45) is 0 Å². The van der Waals surface area contributed by atoms with Crippen LogP contribution in [0.5, 0.6) is 0 Å². The predicted molar refractivity (Wildman–Crippen MR) is 79.8 cm³/mol. The molecule has 2 rings (SSSR count). The van der Waals surface area contributed by atoms with Gasteiger partial charge in [0.2, 0.25) is 5.91 Å². The lowest BCUT2D eigenvalue weighted by Gasteiger charge is -2.17. The second-order valence-electron chi connectivity index (χ2n) is 5.41. The summed E-state index contributed by atoms with van der Waals surface area (Å²) in [6.45, 7) is 2.77. The zero-order valence-electron chi connectivity index (χ0n) is 12.0. The largest absolute Gasteiger partial charge is 0.384 e. The maximum absolute atomic E-state index is 11.6. The third-order valence-corrected chi connectivity index (χ3v) is 3.31. The lowest BCUT2D eigenvalue weighted by Crippen LogP contribution is -2.27. The van der Waals surface area contributed by atoms with Gasteiger partial charge in [-0.3, -0.25) is 4.79 Å². The highest BCUT2D eigenvalue weighted by molar-refractivity contribution is 5.77. The van der Waals surface area contributed by atoms with E-state index >= 15 is 0 Å². The van der Waals surface area contributed by atoms with E-state index in [1.807, 2.05) is 14.1 Å². The van der Waals surface area contributed by atoms with E-state index in [9.17, 15) is 4.79 Å². The maximum atomic E-state index is 11.6. The number of carbonyl (C=O) groups is 1. The zero-order valence-corrected chi connectivity index (χ0v) is 12.0. The van der Waals surface area contributed by atoms with Crippen LogP contribution in [0.1, 0.15) is 24.8 Å². The van der Waals surface area contributed by atoms with Gasteiger partial charge >= 0.3 is 0 Å². The van der Waals surface area contributed by atoms with Gasteiger partial charge in [-0.15, -0.1) is 0 Å². The van der Waals surface area contributed by atoms with Crippen molar-refractivity contribution in [3.63, 3.8) is 0 Å². The molecule has 4 nitrogen and oxygen atoms in total. The van der Waals surface area contributed by atoms with Gasteiger partial charge in [0.1, 0.15) is 0 Å². The van der Waals surface area contributed by atoms with E-state index < -0.39 is 0 Å². The molecule has 0 heterocycles. The average Bonchev–Trinajstić information content (AvgIpc) is 3.14. The molecular weight excluding hydrogens is 238 g/mol. The summed E-state index contributed by atoms with van der Waals surface area (Å²) in [5.74, 6) is 0.148. The number of hydrogen-bond donors (Lipinski definition) is 2. The highest BCUT2D eigenvalue weighted by Gasteiger charge is 2.22. The molecular formula is C15H23N3O. The van der Waals surface area contributed by atoms with Crippen LogP contribution < -0.4 is 15.5 Å². The fourth-order valence-corrected chi connectivity index (χ4v) is 2.05. The number of nitrogens with one attached hydrogen (secondary N) is 2. The van der Waals surface area contributed by atoms with E-state index in [2.05, 4.69) is 40.7 Å². The molecule has 1 aliphatic rings. The monoisotopic (exact) mass is 261 g/mol. The SMILES string of the molecule is Cc1ccc(NCCC(=O)NC2CC2)cc1N(C)C. The Labute approximate surface area is 115 Å². The van der Waals surface area contributed by atoms with E-state index in [0.29, 0.717) is 19.0 Å². The van der Waals surface area contributed by atoms with Crippen LogP contribution in [0.25, 0.3) is 0 Å². The van der Waals surface area contributed by atoms with E-state index in [0.717, 1.165) is 18.5 Å². The Hall–Kier alpha value is -1.71. The van der Waals surface area contributed by atoms with Gasteiger partial charge in [-0.25, -0.2) is 0 Å². The van der Waals surface area contributed by atoms with Crippen LogP contribution in [0.2, 0.25) is 0 Å². The first kappa shape index (κ1) is 13.7. The molecule has 0 atom stereocenters. The topological polar surface area (TPSA) is 44.4 Å². The van der Waals surface area contributed by atoms with Crippen molar-refractivity contribution in [3.8, 4) is 0 Å². The summed E-state index contributed by atoms with van der Waals surface area (Å²) in [5.41, 5.74) is 3.52. The number of anilines is 2. The van der Waals surface area contributed by atoms with Crippen LogP contribution in [-0.2, 0) is 4.79 Å². The fourth-order valence-electron chi connectivity index (χ4n) is 2.05. The average molecular weight is 261 g/mol. The lowest BCUT2D eigenvalue weighted by atomic mass is 10.1. The number of rotatable bonds is 6. The standard InChI is InChI=1S/C15H23N3O/c1-11-4-5-13(10-14(11)18(2)3)16-9-8-15(19)17-12-6-7-12/h4-5,10,12,16H,6-9H2,1-3H3,(H,17,19). The third-order valence-electron chi connectivity index (χ3n) is 3.31. The summed E-state index contributed by atoms with van der Waals surface area (Å²) >= 11 is 0. The van der Waals surface area contributed by atoms with Crippen molar-refractivity contribution >= 4 is 17.3 Å². The molecule has 0 bridgehead atoms. The second kappa shape index (κ2) is 5.95. The van der Waals surface area contributed by atoms with Crippen LogP contribution in [0.4, 0.5) is 11.4 Å². The van der Waals surface area contributed by atoms with Crippen LogP contribution in [0.3, 0.4) is 0 Å². The van der Waals surface area contributed by atoms with Crippen molar-refractivity contribution in [2.45, 2.75) is 32.2 Å². The fraction of sp³-hybridized carbons (Fsp3) is 0.533. The maximum Gasteiger partial charge on any atom is 0.221 e. The van der Waals surface area contributed by atoms with Gasteiger partial charge in [0.05, 0.1) is 0 Å². The molecule has 1 aromatic carbocycles. The summed E-state index contributed by atoms with van der Waals surface area (Å²) in [7, 11) is 4.07. The molecule has 104 valence electrons. The van der Waals surface area contributed by atoms with Gasteiger partial charge in [-0.1, -0.05) is 6.07 Å². The number of benzene rings is 1. The number of hydrogen-bond acceptors (Lipinski definition) is 3. The van der Waals surface area contributed by atoms with Gasteiger partial charge in [0.25, 0.3) is 0 Å². The molecule has 0 spiro atoms. The molecule has 19 heavy (non-hydrogen) atoms. The third kappa shape index (κ3) is 4.16. The lowest BCUT2D eigenvalue weighted by molar-refractivity contribution is -0.120. The van der Waals surface area contributed by atoms with Gasteiger partial charge in [-0.05, 0) is 37.5 Å². The summed E-state index contributed by atoms with van der Waals surface area (Å²) in [5, 5.41) is 6.30. The Morgan fingerprint density at radius 1 is 1.37 bits per heavy atom. The minimum absolute atomic E-state index is 0.148. The molecule has 0 aliphatic heterocycles. The molecule has 1 amide bonds. The molecule has 0 radical (unpaired) electrons. The number of nitrogens with zero attached hydrogens (tertiary/aromatic N) is 1. The van der Waals surface area contributed by atoms with Crippen LogP contribution >= 0.6 is 0 Å². The molecule has 0 aromatic heterocycles. The highest BCUT2D eigenvalue weighted by Crippen LogP contribution is 2.22. The quantitative estimate of drug-likeness (QED) is 0.824. The van der Waals surface area contributed by atoms with Gasteiger partial charge in [-0.2, -0.15) is 0 Å². The molecule has 1 saturated carbocycles. The van der Waals surface area contributed by atoms with Gasteiger partial charge in [0.15, 0.2) is 0 Å². The smallest absolute Gasteiger partial charge is 0.221 e. The Balaban J connectivity index is 1.81. The van der Waals surface area contributed by atoms with Gasteiger partial charge < -0.3 is 15.5 Å². The first-order valence-electron chi connectivity index (χ1n) is 6.87. The molecule has 1 aliphatic carbocycles. The number of aryl methyl sites for hydroxylation is 1. The Morgan fingerprint density at radius 2 is 2.11 bits per heavy atom. The molecule has 4 heteroatoms. The first-order valence-corrected chi connectivity index (χ1v) is 6.87. The van der Waals surface area contributed by atoms with Crippen LogP contribution in [0, 0.1) is 6.92 Å².